The Morgan fingerprint density at radius 2 is 1.84 bits per heavy atom. The summed E-state index contributed by atoms with van der Waals surface area (Å²) in [7, 11) is 0. The Bertz CT molecular complexity index is 453. The Morgan fingerprint density at radius 3 is 2.58 bits per heavy atom. The van der Waals surface area contributed by atoms with Crippen molar-refractivity contribution in [2.24, 2.45) is 0 Å². The van der Waals surface area contributed by atoms with Crippen LogP contribution in [-0.4, -0.2) is 30.4 Å². The van der Waals surface area contributed by atoms with E-state index >= 15 is 0 Å². The summed E-state index contributed by atoms with van der Waals surface area (Å²) >= 11 is 0. The highest BCUT2D eigenvalue weighted by molar-refractivity contribution is 5.95. The van der Waals surface area contributed by atoms with E-state index in [1.54, 1.807) is 0 Å². The Labute approximate surface area is 120 Å². The Hall–Kier alpha value is -1.22. The van der Waals surface area contributed by atoms with Crippen LogP contribution in [0.5, 0.6) is 0 Å². The molecule has 1 fully saturated rings. The van der Waals surface area contributed by atoms with Gasteiger partial charge in [-0.2, -0.15) is 0 Å². The van der Waals surface area contributed by atoms with E-state index in [4.69, 9.17) is 0 Å². The molecule has 1 amide bonds. The van der Waals surface area contributed by atoms with E-state index in [1.165, 1.54) is 24.1 Å². The van der Waals surface area contributed by atoms with Crippen molar-refractivity contribution in [2.45, 2.75) is 32.1 Å². The molecule has 0 unspecified atom stereocenters. The Kier molecular flexibility index (Phi) is 4.70. The normalized spacial score (nSPS) is 18.0. The number of hydrogen-bond donors (Lipinski definition) is 1. The maximum atomic E-state index is 12.5. The summed E-state index contributed by atoms with van der Waals surface area (Å²) in [5.41, 5.74) is 3.34. The fourth-order valence-electron chi connectivity index (χ4n) is 2.89. The predicted octanol–water partition coefficient (Wildman–Crippen LogP) is 3.09. The highest BCUT2D eigenvalue weighted by Gasteiger charge is 2.19. The highest BCUT2D eigenvalue weighted by atomic mass is 35.5. The number of amides is 1. The standard InChI is InChI=1S/C15H20N2O.ClH/c18-15(17-9-3-1-2-4-10-17)13-5-6-14-12(11-13)7-8-16-14;/h5-6,11,16H,1-4,7-10H2;1H. The molecule has 19 heavy (non-hydrogen) atoms. The first kappa shape index (κ1) is 14.2. The van der Waals surface area contributed by atoms with E-state index in [0.717, 1.165) is 44.5 Å². The zero-order valence-corrected chi connectivity index (χ0v) is 12.0. The number of fused-ring (bicyclic) bond motifs is 1. The molecule has 0 radical (unpaired) electrons. The quantitative estimate of drug-likeness (QED) is 0.857. The monoisotopic (exact) mass is 280 g/mol. The van der Waals surface area contributed by atoms with Gasteiger partial charge in [-0.15, -0.1) is 12.4 Å². The lowest BCUT2D eigenvalue weighted by molar-refractivity contribution is 0.0761. The molecule has 0 saturated carbocycles. The molecule has 1 aromatic carbocycles. The number of carbonyl (C=O) groups excluding carboxylic acids is 1. The van der Waals surface area contributed by atoms with E-state index in [1.807, 2.05) is 17.0 Å². The SMILES string of the molecule is Cl.O=C(c1ccc2c(c1)CCN2)N1CCCCCC1. The van der Waals surface area contributed by atoms with Crippen LogP contribution in [0.15, 0.2) is 18.2 Å². The molecule has 0 spiro atoms. The highest BCUT2D eigenvalue weighted by Crippen LogP contribution is 2.24. The van der Waals surface area contributed by atoms with Gasteiger partial charge in [0.1, 0.15) is 0 Å². The summed E-state index contributed by atoms with van der Waals surface area (Å²) in [6.45, 7) is 2.85. The minimum absolute atomic E-state index is 0. The van der Waals surface area contributed by atoms with Gasteiger partial charge in [0.15, 0.2) is 0 Å². The molecule has 3 rings (SSSR count). The number of rotatable bonds is 1. The molecule has 2 heterocycles. The largest absolute Gasteiger partial charge is 0.384 e. The summed E-state index contributed by atoms with van der Waals surface area (Å²) in [6, 6.07) is 6.08. The number of nitrogens with one attached hydrogen (secondary N) is 1. The lowest BCUT2D eigenvalue weighted by Crippen LogP contribution is -2.31. The van der Waals surface area contributed by atoms with Crippen molar-refractivity contribution >= 4 is 24.0 Å². The number of hydrogen-bond acceptors (Lipinski definition) is 2. The number of halogens is 1. The Balaban J connectivity index is 0.00000133. The van der Waals surface area contributed by atoms with Crippen LogP contribution >= 0.6 is 12.4 Å². The first-order chi connectivity index (χ1) is 8.84. The number of anilines is 1. The summed E-state index contributed by atoms with van der Waals surface area (Å²) in [5, 5.41) is 3.33. The molecule has 0 bridgehead atoms. The summed E-state index contributed by atoms with van der Waals surface area (Å²) in [4.78, 5) is 14.5. The van der Waals surface area contributed by atoms with Crippen molar-refractivity contribution in [3.05, 3.63) is 29.3 Å². The maximum absolute atomic E-state index is 12.5. The topological polar surface area (TPSA) is 32.3 Å². The maximum Gasteiger partial charge on any atom is 0.253 e. The average Bonchev–Trinajstić information content (AvgIpc) is 2.69. The number of benzene rings is 1. The average molecular weight is 281 g/mol. The Morgan fingerprint density at radius 1 is 1.11 bits per heavy atom. The first-order valence-electron chi connectivity index (χ1n) is 7.01. The molecule has 1 N–H and O–H groups in total. The third-order valence-electron chi connectivity index (χ3n) is 3.96. The van der Waals surface area contributed by atoms with Crippen molar-refractivity contribution in [3.8, 4) is 0 Å². The third kappa shape index (κ3) is 3.03. The summed E-state index contributed by atoms with van der Waals surface area (Å²) < 4.78 is 0. The van der Waals surface area contributed by atoms with Gasteiger partial charge in [-0.3, -0.25) is 4.79 Å². The minimum Gasteiger partial charge on any atom is -0.384 e. The predicted molar refractivity (Wildman–Crippen MR) is 80.3 cm³/mol. The van der Waals surface area contributed by atoms with Crippen LogP contribution in [0.3, 0.4) is 0 Å². The van der Waals surface area contributed by atoms with E-state index < -0.39 is 0 Å². The molecule has 0 aliphatic carbocycles. The van der Waals surface area contributed by atoms with E-state index in [-0.39, 0.29) is 18.3 Å². The summed E-state index contributed by atoms with van der Waals surface area (Å²) in [5.74, 6) is 0.214. The minimum atomic E-state index is 0. The smallest absolute Gasteiger partial charge is 0.253 e. The van der Waals surface area contributed by atoms with Crippen LogP contribution in [0.1, 0.15) is 41.6 Å². The van der Waals surface area contributed by atoms with Gasteiger partial charge in [0, 0.05) is 30.9 Å². The van der Waals surface area contributed by atoms with Gasteiger partial charge in [0.05, 0.1) is 0 Å². The van der Waals surface area contributed by atoms with E-state index in [0.29, 0.717) is 0 Å². The van der Waals surface area contributed by atoms with Crippen molar-refractivity contribution in [3.63, 3.8) is 0 Å². The van der Waals surface area contributed by atoms with Gasteiger partial charge in [-0.1, -0.05) is 12.8 Å². The molecule has 1 saturated heterocycles. The van der Waals surface area contributed by atoms with E-state index in [9.17, 15) is 4.79 Å². The van der Waals surface area contributed by atoms with Crippen LogP contribution in [0.2, 0.25) is 0 Å². The third-order valence-corrected chi connectivity index (χ3v) is 3.96. The van der Waals surface area contributed by atoms with Crippen LogP contribution in [0.4, 0.5) is 5.69 Å². The number of nitrogens with zero attached hydrogens (tertiary/aromatic N) is 1. The molecule has 4 heteroatoms. The van der Waals surface area contributed by atoms with E-state index in [2.05, 4.69) is 11.4 Å². The van der Waals surface area contributed by atoms with Crippen molar-refractivity contribution in [2.75, 3.05) is 25.0 Å². The second kappa shape index (κ2) is 6.29. The molecular weight excluding hydrogens is 260 g/mol. The second-order valence-electron chi connectivity index (χ2n) is 5.26. The number of carbonyl (C=O) groups is 1. The summed E-state index contributed by atoms with van der Waals surface area (Å²) in [6.07, 6.45) is 5.86. The molecule has 3 nitrogen and oxygen atoms in total. The second-order valence-corrected chi connectivity index (χ2v) is 5.26. The fourth-order valence-corrected chi connectivity index (χ4v) is 2.89. The molecular formula is C15H21ClN2O. The van der Waals surface area contributed by atoms with Crippen molar-refractivity contribution in [1.29, 1.82) is 0 Å². The zero-order chi connectivity index (χ0) is 12.4. The van der Waals surface area contributed by atoms with Crippen molar-refractivity contribution < 1.29 is 4.79 Å². The lowest BCUT2D eigenvalue weighted by atomic mass is 10.1. The van der Waals surface area contributed by atoms with Crippen LogP contribution in [0, 0.1) is 0 Å². The zero-order valence-electron chi connectivity index (χ0n) is 11.2. The first-order valence-corrected chi connectivity index (χ1v) is 7.01. The lowest BCUT2D eigenvalue weighted by Gasteiger charge is -2.20. The molecule has 2 aliphatic heterocycles. The van der Waals surface area contributed by atoms with Crippen molar-refractivity contribution in [1.82, 2.24) is 4.90 Å². The van der Waals surface area contributed by atoms with Crippen LogP contribution in [-0.2, 0) is 6.42 Å². The van der Waals surface area contributed by atoms with Gasteiger partial charge in [0.2, 0.25) is 0 Å². The molecule has 1 aromatic rings. The molecule has 2 aliphatic rings. The van der Waals surface area contributed by atoms with Gasteiger partial charge < -0.3 is 10.2 Å². The molecule has 0 atom stereocenters. The number of likely N-dealkylation sites (tertiary alicyclic amines) is 1. The van der Waals surface area contributed by atoms with Crippen LogP contribution < -0.4 is 5.32 Å². The van der Waals surface area contributed by atoms with Gasteiger partial charge in [-0.25, -0.2) is 0 Å². The van der Waals surface area contributed by atoms with Gasteiger partial charge in [0.25, 0.3) is 5.91 Å². The fraction of sp³-hybridized carbons (Fsp3) is 0.533. The molecule has 104 valence electrons. The van der Waals surface area contributed by atoms with Crippen LogP contribution in [0.25, 0.3) is 0 Å². The van der Waals surface area contributed by atoms with Gasteiger partial charge in [-0.05, 0) is 43.0 Å². The molecule has 0 aromatic heterocycles. The van der Waals surface area contributed by atoms with Gasteiger partial charge >= 0.3 is 0 Å².